The lowest BCUT2D eigenvalue weighted by Gasteiger charge is -2.35. The summed E-state index contributed by atoms with van der Waals surface area (Å²) in [5, 5.41) is 11.3. The van der Waals surface area contributed by atoms with Gasteiger partial charge in [-0.25, -0.2) is 0 Å². The molecule has 0 bridgehead atoms. The summed E-state index contributed by atoms with van der Waals surface area (Å²) < 4.78 is 7.54. The molecule has 0 spiro atoms. The van der Waals surface area contributed by atoms with Crippen LogP contribution in [0.5, 0.6) is 0 Å². The van der Waals surface area contributed by atoms with Crippen molar-refractivity contribution in [2.75, 3.05) is 0 Å². The Morgan fingerprint density at radius 3 is 1.15 bits per heavy atom. The number of rotatable bonds is 6. The highest BCUT2D eigenvalue weighted by molar-refractivity contribution is 7.10. The second-order valence-electron chi connectivity index (χ2n) is 10.0. The molecule has 0 radical (unpaired) electrons. The van der Waals surface area contributed by atoms with Gasteiger partial charge < -0.3 is 4.43 Å². The quantitative estimate of drug-likeness (QED) is 0.166. The van der Waals surface area contributed by atoms with Crippen LogP contribution in [0.1, 0.15) is 5.56 Å². The van der Waals surface area contributed by atoms with Crippen molar-refractivity contribution in [3.8, 4) is 0 Å². The van der Waals surface area contributed by atoms with Gasteiger partial charge in [0.15, 0.2) is 0 Å². The average Bonchev–Trinajstić information content (AvgIpc) is 3.02. The first kappa shape index (κ1) is 23.6. The Bertz CT molecular complexity index is 1720. The fraction of sp³-hybridized carbons (Fsp3) is 0.0270. The molecule has 0 aromatic heterocycles. The number of fused-ring (bicyclic) bond motifs is 3. The summed E-state index contributed by atoms with van der Waals surface area (Å²) in [7, 11) is -3.10. The smallest absolute Gasteiger partial charge is 0.290 e. The van der Waals surface area contributed by atoms with Crippen molar-refractivity contribution in [2.24, 2.45) is 0 Å². The van der Waals surface area contributed by atoms with Gasteiger partial charge >= 0.3 is 0 Å². The van der Waals surface area contributed by atoms with Crippen LogP contribution in [0.3, 0.4) is 0 Å². The molecule has 186 valence electrons. The van der Waals surface area contributed by atoms with E-state index in [9.17, 15) is 0 Å². The van der Waals surface area contributed by atoms with Gasteiger partial charge in [0.2, 0.25) is 0 Å². The summed E-state index contributed by atoms with van der Waals surface area (Å²) in [6.45, 7) is 0.530. The SMILES string of the molecule is c1ccc(CO[Si](c2cccc3ccccc23)(c2cccc3ccccc23)c2cccc3ccccc23)cc1. The van der Waals surface area contributed by atoms with E-state index in [0.717, 1.165) is 0 Å². The van der Waals surface area contributed by atoms with Crippen molar-refractivity contribution >= 4 is 56.2 Å². The first-order valence-corrected chi connectivity index (χ1v) is 15.4. The van der Waals surface area contributed by atoms with Crippen molar-refractivity contribution in [1.82, 2.24) is 0 Å². The van der Waals surface area contributed by atoms with E-state index in [-0.39, 0.29) is 0 Å². The largest absolute Gasteiger partial charge is 0.400 e. The molecule has 7 aromatic rings. The average molecular weight is 517 g/mol. The highest BCUT2D eigenvalue weighted by Gasteiger charge is 2.45. The molecule has 0 aliphatic rings. The lowest BCUT2D eigenvalue weighted by molar-refractivity contribution is 0.312. The molecule has 39 heavy (non-hydrogen) atoms. The van der Waals surface area contributed by atoms with Gasteiger partial charge in [0.25, 0.3) is 8.32 Å². The Hall–Kier alpha value is -4.50. The van der Waals surface area contributed by atoms with Crippen LogP contribution in [-0.4, -0.2) is 8.32 Å². The van der Waals surface area contributed by atoms with Gasteiger partial charge in [-0.1, -0.05) is 158 Å². The maximum absolute atomic E-state index is 7.54. The molecule has 0 N–H and O–H groups in total. The van der Waals surface area contributed by atoms with Crippen LogP contribution in [0.15, 0.2) is 158 Å². The van der Waals surface area contributed by atoms with Crippen molar-refractivity contribution in [2.45, 2.75) is 6.61 Å². The van der Waals surface area contributed by atoms with Crippen molar-refractivity contribution in [3.63, 3.8) is 0 Å². The van der Waals surface area contributed by atoms with E-state index in [0.29, 0.717) is 6.61 Å². The fourth-order valence-corrected chi connectivity index (χ4v) is 10.6. The first-order chi connectivity index (χ1) is 19.3. The lowest BCUT2D eigenvalue weighted by atomic mass is 10.1. The molecule has 7 rings (SSSR count). The summed E-state index contributed by atoms with van der Waals surface area (Å²) >= 11 is 0. The monoisotopic (exact) mass is 516 g/mol. The number of hydrogen-bond acceptors (Lipinski definition) is 1. The van der Waals surface area contributed by atoms with Gasteiger partial charge in [-0.3, -0.25) is 0 Å². The van der Waals surface area contributed by atoms with Gasteiger partial charge in [0.1, 0.15) is 0 Å². The van der Waals surface area contributed by atoms with Crippen LogP contribution >= 0.6 is 0 Å². The zero-order valence-corrected chi connectivity index (χ0v) is 22.6. The second-order valence-corrected chi connectivity index (χ2v) is 13.3. The number of benzene rings is 7. The van der Waals surface area contributed by atoms with Crippen LogP contribution in [0, 0.1) is 0 Å². The summed E-state index contributed by atoms with van der Waals surface area (Å²) in [6.07, 6.45) is 0. The highest BCUT2D eigenvalue weighted by Crippen LogP contribution is 2.25. The zero-order valence-electron chi connectivity index (χ0n) is 21.6. The summed E-state index contributed by atoms with van der Waals surface area (Å²) in [6, 6.07) is 56.9. The van der Waals surface area contributed by atoms with Crippen molar-refractivity contribution < 1.29 is 4.43 Å². The third-order valence-electron chi connectivity index (χ3n) is 7.80. The van der Waals surface area contributed by atoms with Crippen LogP contribution in [0.2, 0.25) is 0 Å². The zero-order chi connectivity index (χ0) is 26.1. The Kier molecular flexibility index (Phi) is 6.05. The maximum atomic E-state index is 7.54. The van der Waals surface area contributed by atoms with Gasteiger partial charge in [0.05, 0.1) is 6.61 Å². The normalized spacial score (nSPS) is 11.8. The third kappa shape index (κ3) is 4.06. The fourth-order valence-electron chi connectivity index (χ4n) is 6.03. The van der Waals surface area contributed by atoms with E-state index in [4.69, 9.17) is 4.43 Å². The van der Waals surface area contributed by atoms with Crippen LogP contribution in [-0.2, 0) is 11.0 Å². The van der Waals surface area contributed by atoms with Gasteiger partial charge in [-0.05, 0) is 53.4 Å². The van der Waals surface area contributed by atoms with Crippen LogP contribution in [0.25, 0.3) is 32.3 Å². The number of hydrogen-bond donors (Lipinski definition) is 0. The minimum absolute atomic E-state index is 0.530. The Morgan fingerprint density at radius 2 is 0.718 bits per heavy atom. The minimum atomic E-state index is -3.10. The Labute approximate surface area is 230 Å². The van der Waals surface area contributed by atoms with Gasteiger partial charge in [-0.15, -0.1) is 0 Å². The molecule has 0 heterocycles. The van der Waals surface area contributed by atoms with Crippen LogP contribution < -0.4 is 15.6 Å². The molecule has 0 saturated carbocycles. The van der Waals surface area contributed by atoms with E-state index in [1.165, 1.54) is 53.4 Å². The van der Waals surface area contributed by atoms with E-state index < -0.39 is 8.32 Å². The molecule has 0 amide bonds. The Morgan fingerprint density at radius 1 is 0.359 bits per heavy atom. The van der Waals surface area contributed by atoms with Gasteiger partial charge in [0, 0.05) is 0 Å². The highest BCUT2D eigenvalue weighted by atomic mass is 28.4. The van der Waals surface area contributed by atoms with E-state index in [2.05, 4.69) is 158 Å². The topological polar surface area (TPSA) is 9.23 Å². The molecular weight excluding hydrogens is 488 g/mol. The first-order valence-electron chi connectivity index (χ1n) is 13.5. The summed E-state index contributed by atoms with van der Waals surface area (Å²) in [5.41, 5.74) is 1.18. The molecule has 1 nitrogen and oxygen atoms in total. The van der Waals surface area contributed by atoms with Crippen molar-refractivity contribution in [1.29, 1.82) is 0 Å². The van der Waals surface area contributed by atoms with Crippen molar-refractivity contribution in [3.05, 3.63) is 163 Å². The predicted octanol–water partition coefficient (Wildman–Crippen LogP) is 7.33. The van der Waals surface area contributed by atoms with E-state index >= 15 is 0 Å². The molecule has 0 aliphatic carbocycles. The minimum Gasteiger partial charge on any atom is -0.400 e. The van der Waals surface area contributed by atoms with E-state index in [1.54, 1.807) is 0 Å². The second kappa shape index (κ2) is 9.99. The standard InChI is InChI=1S/C37H28OSi/c1-2-13-28(14-3-1)27-38-39(35-24-10-18-29-15-4-7-21-32(29)35,36-25-11-19-30-16-5-8-22-33(30)36)37-26-12-20-31-17-6-9-23-34(31)37/h1-26H,27H2. The maximum Gasteiger partial charge on any atom is 0.290 e. The molecule has 0 fully saturated rings. The predicted molar refractivity (Wildman–Crippen MR) is 168 cm³/mol. The molecule has 0 unspecified atom stereocenters. The molecular formula is C37H28OSi. The summed E-state index contributed by atoms with van der Waals surface area (Å²) in [5.74, 6) is 0. The molecule has 2 heteroatoms. The molecule has 0 atom stereocenters. The molecule has 0 saturated heterocycles. The van der Waals surface area contributed by atoms with E-state index in [1.807, 2.05) is 0 Å². The molecule has 0 aliphatic heterocycles. The van der Waals surface area contributed by atoms with Gasteiger partial charge in [-0.2, -0.15) is 0 Å². The lowest BCUT2D eigenvalue weighted by Crippen LogP contribution is -2.69. The molecule has 7 aromatic carbocycles. The third-order valence-corrected chi connectivity index (χ3v) is 12.0. The van der Waals surface area contributed by atoms with Crippen LogP contribution in [0.4, 0.5) is 0 Å². The Balaban J connectivity index is 1.65. The summed E-state index contributed by atoms with van der Waals surface area (Å²) in [4.78, 5) is 0.